The standard InChI is InChI=1S/C9H20N2O2/c1-8(7-12)10-6-4-5-9(13)11(2)3/h8,10,12H,4-7H2,1-3H3. The van der Waals surface area contributed by atoms with Gasteiger partial charge in [-0.05, 0) is 19.9 Å². The second kappa shape index (κ2) is 6.86. The van der Waals surface area contributed by atoms with Crippen molar-refractivity contribution < 1.29 is 9.90 Å². The summed E-state index contributed by atoms with van der Waals surface area (Å²) in [5, 5.41) is 11.8. The first kappa shape index (κ1) is 12.4. The third-order valence-corrected chi connectivity index (χ3v) is 1.83. The smallest absolute Gasteiger partial charge is 0.222 e. The predicted molar refractivity (Wildman–Crippen MR) is 52.5 cm³/mol. The fraction of sp³-hybridized carbons (Fsp3) is 0.889. The topological polar surface area (TPSA) is 52.6 Å². The van der Waals surface area contributed by atoms with Gasteiger partial charge < -0.3 is 15.3 Å². The van der Waals surface area contributed by atoms with Gasteiger partial charge in [0.2, 0.25) is 5.91 Å². The first-order chi connectivity index (χ1) is 6.07. The average molecular weight is 188 g/mol. The van der Waals surface area contributed by atoms with E-state index in [0.29, 0.717) is 6.42 Å². The number of amides is 1. The predicted octanol–water partition coefficient (Wildman–Crippen LogP) is -0.175. The highest BCUT2D eigenvalue weighted by Gasteiger charge is 2.03. The molecular weight excluding hydrogens is 168 g/mol. The number of hydrogen-bond acceptors (Lipinski definition) is 3. The van der Waals surface area contributed by atoms with Crippen molar-refractivity contribution >= 4 is 5.91 Å². The minimum Gasteiger partial charge on any atom is -0.395 e. The molecule has 13 heavy (non-hydrogen) atoms. The molecular formula is C9H20N2O2. The summed E-state index contributed by atoms with van der Waals surface area (Å²) < 4.78 is 0. The molecule has 0 aromatic heterocycles. The number of hydrogen-bond donors (Lipinski definition) is 2. The Kier molecular flexibility index (Phi) is 6.54. The van der Waals surface area contributed by atoms with Gasteiger partial charge in [-0.2, -0.15) is 0 Å². The summed E-state index contributed by atoms with van der Waals surface area (Å²) in [6.07, 6.45) is 1.39. The molecule has 0 rings (SSSR count). The van der Waals surface area contributed by atoms with Crippen LogP contribution in [0.1, 0.15) is 19.8 Å². The van der Waals surface area contributed by atoms with Crippen LogP contribution in [0.5, 0.6) is 0 Å². The summed E-state index contributed by atoms with van der Waals surface area (Å²) in [6.45, 7) is 2.83. The molecule has 4 heteroatoms. The lowest BCUT2D eigenvalue weighted by Crippen LogP contribution is -2.31. The molecule has 0 aliphatic carbocycles. The zero-order valence-corrected chi connectivity index (χ0v) is 8.71. The lowest BCUT2D eigenvalue weighted by molar-refractivity contribution is -0.128. The largest absolute Gasteiger partial charge is 0.395 e. The molecule has 4 nitrogen and oxygen atoms in total. The Labute approximate surface area is 79.9 Å². The van der Waals surface area contributed by atoms with Crippen LogP contribution in [0.2, 0.25) is 0 Å². The van der Waals surface area contributed by atoms with Crippen LogP contribution >= 0.6 is 0 Å². The monoisotopic (exact) mass is 188 g/mol. The van der Waals surface area contributed by atoms with Crippen LogP contribution in [-0.4, -0.2) is 49.2 Å². The van der Waals surface area contributed by atoms with Gasteiger partial charge >= 0.3 is 0 Å². The zero-order chi connectivity index (χ0) is 10.3. The van der Waals surface area contributed by atoms with Gasteiger partial charge in [0, 0.05) is 26.6 Å². The highest BCUT2D eigenvalue weighted by atomic mass is 16.3. The minimum atomic E-state index is 0.120. The maximum atomic E-state index is 11.1. The molecule has 0 aliphatic rings. The van der Waals surface area contributed by atoms with Crippen LogP contribution in [0.4, 0.5) is 0 Å². The van der Waals surface area contributed by atoms with E-state index in [-0.39, 0.29) is 18.6 Å². The summed E-state index contributed by atoms with van der Waals surface area (Å²) in [5.74, 6) is 0.151. The summed E-state index contributed by atoms with van der Waals surface area (Å²) in [6, 6.07) is 0.120. The van der Waals surface area contributed by atoms with Crippen LogP contribution < -0.4 is 5.32 Å². The Morgan fingerprint density at radius 1 is 1.54 bits per heavy atom. The van der Waals surface area contributed by atoms with Gasteiger partial charge in [-0.3, -0.25) is 4.79 Å². The van der Waals surface area contributed by atoms with Crippen molar-refractivity contribution in [3.8, 4) is 0 Å². The number of aliphatic hydroxyl groups excluding tert-OH is 1. The highest BCUT2D eigenvalue weighted by Crippen LogP contribution is 1.92. The van der Waals surface area contributed by atoms with E-state index in [2.05, 4.69) is 5.32 Å². The third kappa shape index (κ3) is 6.54. The maximum Gasteiger partial charge on any atom is 0.222 e. The van der Waals surface area contributed by atoms with Crippen molar-refractivity contribution in [3.63, 3.8) is 0 Å². The number of aliphatic hydroxyl groups is 1. The minimum absolute atomic E-state index is 0.120. The van der Waals surface area contributed by atoms with E-state index in [4.69, 9.17) is 5.11 Å². The molecule has 0 fully saturated rings. The lowest BCUT2D eigenvalue weighted by atomic mass is 10.2. The molecule has 0 radical (unpaired) electrons. The summed E-state index contributed by atoms with van der Waals surface area (Å²) >= 11 is 0. The molecule has 2 N–H and O–H groups in total. The van der Waals surface area contributed by atoms with Gasteiger partial charge in [0.25, 0.3) is 0 Å². The molecule has 1 amide bonds. The van der Waals surface area contributed by atoms with E-state index >= 15 is 0 Å². The maximum absolute atomic E-state index is 11.1. The van der Waals surface area contributed by atoms with Crippen LogP contribution in [0, 0.1) is 0 Å². The molecule has 0 aromatic rings. The van der Waals surface area contributed by atoms with Gasteiger partial charge in [-0.25, -0.2) is 0 Å². The van der Waals surface area contributed by atoms with Gasteiger partial charge in [0.05, 0.1) is 6.61 Å². The van der Waals surface area contributed by atoms with Crippen molar-refractivity contribution in [2.24, 2.45) is 0 Å². The van der Waals surface area contributed by atoms with Crippen molar-refractivity contribution in [2.45, 2.75) is 25.8 Å². The number of carbonyl (C=O) groups is 1. The van der Waals surface area contributed by atoms with Crippen molar-refractivity contribution in [1.29, 1.82) is 0 Å². The number of rotatable bonds is 6. The number of nitrogens with zero attached hydrogens (tertiary/aromatic N) is 1. The van der Waals surface area contributed by atoms with E-state index in [1.54, 1.807) is 19.0 Å². The molecule has 0 saturated heterocycles. The van der Waals surface area contributed by atoms with E-state index in [1.807, 2.05) is 6.92 Å². The quantitative estimate of drug-likeness (QED) is 0.569. The van der Waals surface area contributed by atoms with Crippen LogP contribution in [0.3, 0.4) is 0 Å². The van der Waals surface area contributed by atoms with Gasteiger partial charge in [-0.15, -0.1) is 0 Å². The average Bonchev–Trinajstić information content (AvgIpc) is 2.11. The Bertz CT molecular complexity index is 149. The van der Waals surface area contributed by atoms with Crippen LogP contribution in [0.25, 0.3) is 0 Å². The molecule has 0 bridgehead atoms. The van der Waals surface area contributed by atoms with Crippen molar-refractivity contribution in [2.75, 3.05) is 27.2 Å². The van der Waals surface area contributed by atoms with Crippen LogP contribution in [0.15, 0.2) is 0 Å². The second-order valence-corrected chi connectivity index (χ2v) is 3.43. The fourth-order valence-corrected chi connectivity index (χ4v) is 0.876. The fourth-order valence-electron chi connectivity index (χ4n) is 0.876. The number of nitrogens with one attached hydrogen (secondary N) is 1. The van der Waals surface area contributed by atoms with E-state index < -0.39 is 0 Å². The molecule has 0 saturated carbocycles. The summed E-state index contributed by atoms with van der Waals surface area (Å²) in [5.41, 5.74) is 0. The summed E-state index contributed by atoms with van der Waals surface area (Å²) in [4.78, 5) is 12.7. The van der Waals surface area contributed by atoms with Crippen molar-refractivity contribution in [1.82, 2.24) is 10.2 Å². The normalized spacial score (nSPS) is 12.6. The summed E-state index contributed by atoms with van der Waals surface area (Å²) in [7, 11) is 3.51. The molecule has 1 atom stereocenters. The van der Waals surface area contributed by atoms with E-state index in [0.717, 1.165) is 13.0 Å². The second-order valence-electron chi connectivity index (χ2n) is 3.43. The third-order valence-electron chi connectivity index (χ3n) is 1.83. The SMILES string of the molecule is CC(CO)NCCCC(=O)N(C)C. The number of carbonyl (C=O) groups excluding carboxylic acids is 1. The Morgan fingerprint density at radius 3 is 2.62 bits per heavy atom. The molecule has 0 spiro atoms. The molecule has 1 unspecified atom stereocenters. The Hall–Kier alpha value is -0.610. The Morgan fingerprint density at radius 2 is 2.15 bits per heavy atom. The molecule has 78 valence electrons. The zero-order valence-electron chi connectivity index (χ0n) is 8.71. The first-order valence-corrected chi connectivity index (χ1v) is 4.62. The highest BCUT2D eigenvalue weighted by molar-refractivity contribution is 5.75. The van der Waals surface area contributed by atoms with Gasteiger partial charge in [-0.1, -0.05) is 0 Å². The molecule has 0 aliphatic heterocycles. The van der Waals surface area contributed by atoms with E-state index in [1.165, 1.54) is 0 Å². The lowest BCUT2D eigenvalue weighted by Gasteiger charge is -2.12. The Balaban J connectivity index is 3.31. The van der Waals surface area contributed by atoms with Gasteiger partial charge in [0.15, 0.2) is 0 Å². The van der Waals surface area contributed by atoms with Crippen LogP contribution in [-0.2, 0) is 4.79 Å². The first-order valence-electron chi connectivity index (χ1n) is 4.62. The molecule has 0 heterocycles. The van der Waals surface area contributed by atoms with E-state index in [9.17, 15) is 4.79 Å². The van der Waals surface area contributed by atoms with Crippen molar-refractivity contribution in [3.05, 3.63) is 0 Å². The van der Waals surface area contributed by atoms with Gasteiger partial charge in [0.1, 0.15) is 0 Å². The molecule has 0 aromatic carbocycles.